The van der Waals surface area contributed by atoms with Crippen LogP contribution in [0.2, 0.25) is 0 Å². The summed E-state index contributed by atoms with van der Waals surface area (Å²) < 4.78 is 16.9. The van der Waals surface area contributed by atoms with Crippen molar-refractivity contribution in [2.45, 2.75) is 399 Å². The molecule has 0 aliphatic rings. The molecule has 0 radical (unpaired) electrons. The molecular weight excluding hydrogens is 925 g/mol. The van der Waals surface area contributed by atoms with Crippen LogP contribution in [0.5, 0.6) is 0 Å². The molecule has 0 saturated heterocycles. The van der Waals surface area contributed by atoms with Crippen molar-refractivity contribution in [3.63, 3.8) is 0 Å². The second-order valence-electron chi connectivity index (χ2n) is 23.5. The van der Waals surface area contributed by atoms with Gasteiger partial charge in [0.05, 0.1) is 0 Å². The lowest BCUT2D eigenvalue weighted by Gasteiger charge is -2.18. The summed E-state index contributed by atoms with van der Waals surface area (Å²) in [6.07, 6.45) is 76.9. The van der Waals surface area contributed by atoms with Crippen LogP contribution < -0.4 is 0 Å². The van der Waals surface area contributed by atoms with Crippen molar-refractivity contribution in [3.8, 4) is 0 Å². The minimum atomic E-state index is -0.769. The van der Waals surface area contributed by atoms with E-state index in [4.69, 9.17) is 14.2 Å². The van der Waals surface area contributed by atoms with Gasteiger partial charge in [-0.3, -0.25) is 14.4 Å². The Kier molecular flexibility index (Phi) is 63.1. The van der Waals surface area contributed by atoms with Gasteiger partial charge in [0.2, 0.25) is 0 Å². The number of hydrogen-bond acceptors (Lipinski definition) is 6. The number of carbonyl (C=O) groups excluding carboxylic acids is 3. The first-order valence-corrected chi connectivity index (χ1v) is 34.2. The van der Waals surface area contributed by atoms with Gasteiger partial charge in [0.15, 0.2) is 6.10 Å². The number of allylic oxidation sites excluding steroid dienone is 2. The van der Waals surface area contributed by atoms with E-state index in [1.54, 1.807) is 0 Å². The Morgan fingerprint density at radius 2 is 0.440 bits per heavy atom. The van der Waals surface area contributed by atoms with Gasteiger partial charge in [-0.25, -0.2) is 0 Å². The van der Waals surface area contributed by atoms with E-state index in [0.29, 0.717) is 19.3 Å². The van der Waals surface area contributed by atoms with Gasteiger partial charge < -0.3 is 14.2 Å². The van der Waals surface area contributed by atoms with Crippen LogP contribution in [0, 0.1) is 0 Å². The Balaban J connectivity index is 4.05. The quantitative estimate of drug-likeness (QED) is 0.0261. The molecule has 0 saturated carbocycles. The van der Waals surface area contributed by atoms with Gasteiger partial charge in [0.25, 0.3) is 0 Å². The Morgan fingerprint density at radius 3 is 0.667 bits per heavy atom. The standard InChI is InChI=1S/C69H132O6/c1-4-7-10-13-16-19-22-24-26-27-28-29-30-31-32-33-34-35-36-37-38-39-40-41-43-44-47-50-53-56-59-62-68(71)74-65-66(64-73-67(70)61-58-55-52-49-46-21-18-15-12-9-6-3)75-69(72)63-60-57-54-51-48-45-42-25-23-20-17-14-11-8-5-2/h25,42,66H,4-24,26-41,43-65H2,1-3H3/b42-25-. The Bertz CT molecular complexity index is 1170. The highest BCUT2D eigenvalue weighted by Crippen LogP contribution is 2.19. The van der Waals surface area contributed by atoms with E-state index in [-0.39, 0.29) is 31.1 Å². The van der Waals surface area contributed by atoms with E-state index in [1.807, 2.05) is 0 Å². The third-order valence-corrected chi connectivity index (χ3v) is 15.8. The molecule has 0 aliphatic heterocycles. The molecule has 1 atom stereocenters. The number of rotatable bonds is 64. The van der Waals surface area contributed by atoms with Crippen LogP contribution in [-0.4, -0.2) is 37.2 Å². The number of hydrogen-bond donors (Lipinski definition) is 0. The Hall–Kier alpha value is -1.85. The molecule has 0 aromatic heterocycles. The summed E-state index contributed by atoms with van der Waals surface area (Å²) in [5.74, 6) is -0.848. The highest BCUT2D eigenvalue weighted by atomic mass is 16.6. The highest BCUT2D eigenvalue weighted by Gasteiger charge is 2.19. The van der Waals surface area contributed by atoms with Crippen molar-refractivity contribution in [3.05, 3.63) is 12.2 Å². The predicted molar refractivity (Wildman–Crippen MR) is 326 cm³/mol. The van der Waals surface area contributed by atoms with Crippen molar-refractivity contribution < 1.29 is 28.6 Å². The minimum absolute atomic E-state index is 0.0672. The van der Waals surface area contributed by atoms with Crippen molar-refractivity contribution in [2.75, 3.05) is 13.2 Å². The molecule has 0 N–H and O–H groups in total. The molecule has 0 amide bonds. The molecule has 6 heteroatoms. The summed E-state index contributed by atoms with van der Waals surface area (Å²) in [6, 6.07) is 0. The average molecular weight is 1060 g/mol. The zero-order chi connectivity index (χ0) is 54.3. The summed E-state index contributed by atoms with van der Waals surface area (Å²) in [6.45, 7) is 6.69. The molecule has 1 unspecified atom stereocenters. The number of carbonyl (C=O) groups is 3. The SMILES string of the molecule is CCCCCCCC/C=C\CCCCCCCC(=O)OC(COC(=O)CCCCCCCCCCCCC)COC(=O)CCCCCCCCCCCCCCCCCCCCCCCCCCCCCCCCC. The smallest absolute Gasteiger partial charge is 0.306 e. The second-order valence-corrected chi connectivity index (χ2v) is 23.5. The fourth-order valence-corrected chi connectivity index (χ4v) is 10.6. The maximum absolute atomic E-state index is 12.9. The molecule has 6 nitrogen and oxygen atoms in total. The van der Waals surface area contributed by atoms with Gasteiger partial charge >= 0.3 is 17.9 Å². The molecule has 0 fully saturated rings. The molecule has 0 heterocycles. The second kappa shape index (κ2) is 64.7. The zero-order valence-corrected chi connectivity index (χ0v) is 51.1. The summed E-state index contributed by atoms with van der Waals surface area (Å²) in [5, 5.41) is 0. The normalized spacial score (nSPS) is 12.0. The lowest BCUT2D eigenvalue weighted by molar-refractivity contribution is -0.167. The van der Waals surface area contributed by atoms with Crippen LogP contribution in [-0.2, 0) is 28.6 Å². The molecule has 0 bridgehead atoms. The Morgan fingerprint density at radius 1 is 0.253 bits per heavy atom. The topological polar surface area (TPSA) is 78.9 Å². The van der Waals surface area contributed by atoms with Gasteiger partial charge in [0.1, 0.15) is 13.2 Å². The van der Waals surface area contributed by atoms with E-state index in [0.717, 1.165) is 64.2 Å². The van der Waals surface area contributed by atoms with Crippen molar-refractivity contribution in [1.29, 1.82) is 0 Å². The summed E-state index contributed by atoms with van der Waals surface area (Å²) in [7, 11) is 0. The summed E-state index contributed by atoms with van der Waals surface area (Å²) in [4.78, 5) is 38.2. The zero-order valence-electron chi connectivity index (χ0n) is 51.1. The first-order valence-electron chi connectivity index (χ1n) is 34.2. The van der Waals surface area contributed by atoms with E-state index < -0.39 is 6.10 Å². The predicted octanol–water partition coefficient (Wildman–Crippen LogP) is 23.2. The third kappa shape index (κ3) is 62.9. The van der Waals surface area contributed by atoms with Crippen LogP contribution in [0.3, 0.4) is 0 Å². The van der Waals surface area contributed by atoms with Crippen molar-refractivity contribution >= 4 is 17.9 Å². The number of ether oxygens (including phenoxy) is 3. The van der Waals surface area contributed by atoms with E-state index in [9.17, 15) is 14.4 Å². The number of unbranched alkanes of at least 4 members (excludes halogenated alkanes) is 51. The van der Waals surface area contributed by atoms with Gasteiger partial charge in [-0.2, -0.15) is 0 Å². The third-order valence-electron chi connectivity index (χ3n) is 15.8. The van der Waals surface area contributed by atoms with Crippen LogP contribution in [0.4, 0.5) is 0 Å². The lowest BCUT2D eigenvalue weighted by Crippen LogP contribution is -2.30. The van der Waals surface area contributed by atoms with Crippen LogP contribution in [0.15, 0.2) is 12.2 Å². The molecule has 0 aromatic carbocycles. The summed E-state index contributed by atoms with van der Waals surface area (Å²) in [5.41, 5.74) is 0. The molecule has 444 valence electrons. The molecule has 0 rings (SSSR count). The van der Waals surface area contributed by atoms with Gasteiger partial charge in [0, 0.05) is 19.3 Å². The lowest BCUT2D eigenvalue weighted by atomic mass is 10.0. The first-order chi connectivity index (χ1) is 37.0. The number of esters is 3. The van der Waals surface area contributed by atoms with Gasteiger partial charge in [-0.05, 0) is 44.9 Å². The van der Waals surface area contributed by atoms with Crippen LogP contribution >= 0.6 is 0 Å². The summed E-state index contributed by atoms with van der Waals surface area (Å²) >= 11 is 0. The van der Waals surface area contributed by atoms with Crippen molar-refractivity contribution in [1.82, 2.24) is 0 Å². The molecule has 0 aliphatic carbocycles. The fourth-order valence-electron chi connectivity index (χ4n) is 10.6. The van der Waals surface area contributed by atoms with Crippen LogP contribution in [0.1, 0.15) is 393 Å². The van der Waals surface area contributed by atoms with E-state index >= 15 is 0 Å². The van der Waals surface area contributed by atoms with Gasteiger partial charge in [-0.1, -0.05) is 341 Å². The minimum Gasteiger partial charge on any atom is -0.462 e. The molecule has 75 heavy (non-hydrogen) atoms. The fraction of sp³-hybridized carbons (Fsp3) is 0.928. The Labute approximate surface area is 469 Å². The molecule has 0 spiro atoms. The maximum Gasteiger partial charge on any atom is 0.306 e. The molecular formula is C69H132O6. The van der Waals surface area contributed by atoms with Gasteiger partial charge in [-0.15, -0.1) is 0 Å². The van der Waals surface area contributed by atoms with Crippen LogP contribution in [0.25, 0.3) is 0 Å². The highest BCUT2D eigenvalue weighted by molar-refractivity contribution is 5.71. The average Bonchev–Trinajstić information content (AvgIpc) is 3.41. The van der Waals surface area contributed by atoms with Crippen molar-refractivity contribution in [2.24, 2.45) is 0 Å². The van der Waals surface area contributed by atoms with E-state index in [1.165, 1.54) is 289 Å². The largest absolute Gasteiger partial charge is 0.462 e. The maximum atomic E-state index is 12.9. The monoisotopic (exact) mass is 1060 g/mol. The molecule has 0 aromatic rings. The van der Waals surface area contributed by atoms with E-state index in [2.05, 4.69) is 32.9 Å². The first kappa shape index (κ1) is 73.2.